The van der Waals surface area contributed by atoms with Crippen LogP contribution in [-0.4, -0.2) is 44.9 Å². The molecule has 0 saturated carbocycles. The maximum atomic E-state index is 13.8. The minimum Gasteiger partial charge on any atom is -0.337 e. The Morgan fingerprint density at radius 1 is 1.31 bits per heavy atom. The first-order valence-electron chi connectivity index (χ1n) is 9.31. The van der Waals surface area contributed by atoms with E-state index < -0.39 is 0 Å². The normalized spacial score (nSPS) is 25.7. The van der Waals surface area contributed by atoms with Crippen LogP contribution in [0, 0.1) is 17.7 Å². The number of aromatic nitrogens is 2. The molecular weight excluding hydrogens is 331 g/mol. The Labute approximate surface area is 153 Å². The van der Waals surface area contributed by atoms with Gasteiger partial charge in [0, 0.05) is 51.8 Å². The lowest BCUT2D eigenvalue weighted by atomic mass is 9.89. The maximum Gasteiger partial charge on any atom is 0.219 e. The number of halogens is 1. The van der Waals surface area contributed by atoms with E-state index in [1.54, 1.807) is 19.1 Å². The van der Waals surface area contributed by atoms with Crippen molar-refractivity contribution in [3.05, 3.63) is 53.9 Å². The molecule has 5 nitrogen and oxygen atoms in total. The highest BCUT2D eigenvalue weighted by Crippen LogP contribution is 2.45. The first-order chi connectivity index (χ1) is 12.5. The first kappa shape index (κ1) is 17.2. The fourth-order valence-corrected chi connectivity index (χ4v) is 4.60. The average Bonchev–Trinajstić information content (AvgIpc) is 3.28. The van der Waals surface area contributed by atoms with Crippen LogP contribution >= 0.6 is 0 Å². The molecule has 3 atom stereocenters. The van der Waals surface area contributed by atoms with Crippen molar-refractivity contribution in [3.63, 3.8) is 0 Å². The number of nitrogens with zero attached hydrogens (tertiary/aromatic N) is 4. The lowest BCUT2D eigenvalue weighted by Gasteiger charge is -2.29. The highest BCUT2D eigenvalue weighted by Gasteiger charge is 2.48. The fourth-order valence-electron chi connectivity index (χ4n) is 4.60. The van der Waals surface area contributed by atoms with Gasteiger partial charge in [-0.3, -0.25) is 9.69 Å². The minimum absolute atomic E-state index is 0.0357. The number of amides is 1. The van der Waals surface area contributed by atoms with E-state index in [0.29, 0.717) is 11.8 Å². The van der Waals surface area contributed by atoms with Crippen LogP contribution in [-0.2, 0) is 17.9 Å². The van der Waals surface area contributed by atoms with Crippen LogP contribution in [0.25, 0.3) is 0 Å². The van der Waals surface area contributed by atoms with Crippen LogP contribution in [0.1, 0.15) is 31.1 Å². The Morgan fingerprint density at radius 2 is 2.15 bits per heavy atom. The van der Waals surface area contributed by atoms with Crippen LogP contribution < -0.4 is 0 Å². The van der Waals surface area contributed by atoms with Crippen molar-refractivity contribution in [2.75, 3.05) is 19.6 Å². The maximum absolute atomic E-state index is 13.8. The van der Waals surface area contributed by atoms with Gasteiger partial charge in [-0.05, 0) is 30.5 Å². The number of rotatable bonds is 4. The van der Waals surface area contributed by atoms with Crippen molar-refractivity contribution in [1.29, 1.82) is 0 Å². The first-order valence-corrected chi connectivity index (χ1v) is 9.31. The highest BCUT2D eigenvalue weighted by molar-refractivity contribution is 5.74. The van der Waals surface area contributed by atoms with Crippen molar-refractivity contribution in [2.45, 2.75) is 33.0 Å². The fraction of sp³-hybridized carbons (Fsp3) is 0.500. The molecule has 1 aromatic heterocycles. The number of hydrogen-bond donors (Lipinski definition) is 0. The van der Waals surface area contributed by atoms with Crippen LogP contribution in [0.15, 0.2) is 36.8 Å². The second-order valence-corrected chi connectivity index (χ2v) is 7.48. The molecule has 0 bridgehead atoms. The van der Waals surface area contributed by atoms with E-state index in [-0.39, 0.29) is 17.8 Å². The van der Waals surface area contributed by atoms with Gasteiger partial charge in [-0.1, -0.05) is 12.1 Å². The molecule has 0 N–H and O–H groups in total. The van der Waals surface area contributed by atoms with E-state index in [4.69, 9.17) is 0 Å². The molecule has 26 heavy (non-hydrogen) atoms. The Balaban J connectivity index is 1.53. The zero-order chi connectivity index (χ0) is 18.3. The number of aryl methyl sites for hydroxylation is 1. The molecule has 3 heterocycles. The second kappa shape index (κ2) is 6.83. The Morgan fingerprint density at radius 3 is 2.85 bits per heavy atom. The van der Waals surface area contributed by atoms with Gasteiger partial charge >= 0.3 is 0 Å². The summed E-state index contributed by atoms with van der Waals surface area (Å²) in [7, 11) is 0. The molecule has 2 fully saturated rings. The van der Waals surface area contributed by atoms with Crippen LogP contribution in [0.5, 0.6) is 0 Å². The molecule has 2 aromatic rings. The highest BCUT2D eigenvalue weighted by atomic mass is 19.1. The van der Waals surface area contributed by atoms with Crippen LogP contribution in [0.2, 0.25) is 0 Å². The molecule has 6 heteroatoms. The molecule has 4 rings (SSSR count). The Kier molecular flexibility index (Phi) is 4.53. The van der Waals surface area contributed by atoms with Gasteiger partial charge in [0.1, 0.15) is 5.82 Å². The Bertz CT molecular complexity index is 805. The van der Waals surface area contributed by atoms with Crippen LogP contribution in [0.4, 0.5) is 4.39 Å². The summed E-state index contributed by atoms with van der Waals surface area (Å²) in [5, 5.41) is 0. The van der Waals surface area contributed by atoms with Gasteiger partial charge < -0.3 is 9.47 Å². The summed E-state index contributed by atoms with van der Waals surface area (Å²) in [6.45, 7) is 8.09. The monoisotopic (exact) mass is 356 g/mol. The van der Waals surface area contributed by atoms with Crippen molar-refractivity contribution >= 4 is 5.91 Å². The number of likely N-dealkylation sites (tertiary alicyclic amines) is 2. The van der Waals surface area contributed by atoms with Gasteiger partial charge in [0.25, 0.3) is 0 Å². The minimum atomic E-state index is -0.241. The summed E-state index contributed by atoms with van der Waals surface area (Å²) < 4.78 is 15.9. The van der Waals surface area contributed by atoms with E-state index in [2.05, 4.69) is 27.6 Å². The Hall–Kier alpha value is -2.21. The van der Waals surface area contributed by atoms with Crippen molar-refractivity contribution in [3.8, 4) is 0 Å². The molecular formula is C20H25FN4O. The van der Waals surface area contributed by atoms with Gasteiger partial charge in [0.15, 0.2) is 0 Å². The predicted molar refractivity (Wildman–Crippen MR) is 96.7 cm³/mol. The molecule has 2 saturated heterocycles. The molecule has 138 valence electrons. The molecule has 1 amide bonds. The molecule has 2 aliphatic heterocycles. The van der Waals surface area contributed by atoms with E-state index in [1.165, 1.54) is 6.07 Å². The molecule has 2 aliphatic rings. The van der Waals surface area contributed by atoms with E-state index in [1.807, 2.05) is 17.3 Å². The van der Waals surface area contributed by atoms with Crippen molar-refractivity contribution < 1.29 is 9.18 Å². The summed E-state index contributed by atoms with van der Waals surface area (Å²) >= 11 is 0. The van der Waals surface area contributed by atoms with Gasteiger partial charge in [0.05, 0.1) is 18.1 Å². The summed E-state index contributed by atoms with van der Waals surface area (Å²) in [5.41, 5.74) is 1.99. The van der Waals surface area contributed by atoms with Crippen molar-refractivity contribution in [1.82, 2.24) is 19.4 Å². The number of imidazole rings is 1. The zero-order valence-corrected chi connectivity index (χ0v) is 15.3. The second-order valence-electron chi connectivity index (χ2n) is 7.48. The molecule has 0 spiro atoms. The third-order valence-corrected chi connectivity index (χ3v) is 5.77. The van der Waals surface area contributed by atoms with Gasteiger partial charge in [-0.15, -0.1) is 0 Å². The largest absolute Gasteiger partial charge is 0.337 e. The lowest BCUT2D eigenvalue weighted by Crippen LogP contribution is -2.34. The van der Waals surface area contributed by atoms with E-state index in [0.717, 1.165) is 44.0 Å². The lowest BCUT2D eigenvalue weighted by molar-refractivity contribution is -0.130. The smallest absolute Gasteiger partial charge is 0.219 e. The predicted octanol–water partition coefficient (Wildman–Crippen LogP) is 2.69. The molecule has 0 unspecified atom stereocenters. The topological polar surface area (TPSA) is 41.4 Å². The number of carbonyl (C=O) groups is 1. The van der Waals surface area contributed by atoms with E-state index >= 15 is 0 Å². The summed E-state index contributed by atoms with van der Waals surface area (Å²) in [6, 6.07) is 6.68. The summed E-state index contributed by atoms with van der Waals surface area (Å²) in [6.07, 6.45) is 3.97. The van der Waals surface area contributed by atoms with Gasteiger partial charge in [-0.2, -0.15) is 0 Å². The van der Waals surface area contributed by atoms with Gasteiger partial charge in [0.2, 0.25) is 5.91 Å². The number of fused-ring (bicyclic) bond motifs is 1. The summed E-state index contributed by atoms with van der Waals surface area (Å²) in [5.74, 6) is 0.602. The SMILES string of the molecule is CCn1cnc(CN2C[C@@H]3CN(C(C)=O)[C@H](c4cccc(F)c4)[C@@H]3C2)c1. The van der Waals surface area contributed by atoms with Gasteiger partial charge in [-0.25, -0.2) is 9.37 Å². The summed E-state index contributed by atoms with van der Waals surface area (Å²) in [4.78, 5) is 21.0. The molecule has 0 aliphatic carbocycles. The molecule has 0 radical (unpaired) electrons. The standard InChI is InChI=1S/C20H25FN4O/c1-3-23-10-18(22-13-23)11-24-8-16-9-25(14(2)26)20(19(16)12-24)15-5-4-6-17(21)7-15/h4-7,10,13,16,19-20H,3,8-9,11-12H2,1-2H3/t16-,19-,20-/m1/s1. The number of carbonyl (C=O) groups excluding carboxylic acids is 1. The van der Waals surface area contributed by atoms with Crippen LogP contribution in [0.3, 0.4) is 0 Å². The quantitative estimate of drug-likeness (QED) is 0.846. The molecule has 1 aromatic carbocycles. The van der Waals surface area contributed by atoms with Crippen molar-refractivity contribution in [2.24, 2.45) is 11.8 Å². The third-order valence-electron chi connectivity index (χ3n) is 5.77. The number of hydrogen-bond acceptors (Lipinski definition) is 3. The average molecular weight is 356 g/mol. The van der Waals surface area contributed by atoms with E-state index in [9.17, 15) is 9.18 Å². The third kappa shape index (κ3) is 3.14. The zero-order valence-electron chi connectivity index (χ0n) is 15.3. The number of benzene rings is 1.